The van der Waals surface area contributed by atoms with E-state index in [4.69, 9.17) is 16.3 Å². The number of nitrogens with one attached hydrogen (secondary N) is 1. The molecule has 0 saturated carbocycles. The third kappa shape index (κ3) is 4.45. The van der Waals surface area contributed by atoms with E-state index < -0.39 is 6.09 Å². The molecular weight excluding hydrogens is 466 g/mol. The third-order valence-electron chi connectivity index (χ3n) is 6.82. The molecule has 180 valence electrons. The molecule has 9 heteroatoms. The molecule has 1 fully saturated rings. The lowest BCUT2D eigenvalue weighted by molar-refractivity contribution is 0.198. The van der Waals surface area contributed by atoms with Crippen LogP contribution in [0.4, 0.5) is 10.5 Å². The van der Waals surface area contributed by atoms with Crippen LogP contribution in [-0.4, -0.2) is 40.1 Å². The molecule has 3 aromatic rings. The lowest BCUT2D eigenvalue weighted by atomic mass is 9.92. The highest BCUT2D eigenvalue weighted by Gasteiger charge is 2.32. The van der Waals surface area contributed by atoms with Crippen LogP contribution in [-0.2, 0) is 6.42 Å². The summed E-state index contributed by atoms with van der Waals surface area (Å²) in [4.78, 5) is 13.5. The van der Waals surface area contributed by atoms with Crippen LogP contribution in [0.1, 0.15) is 43.4 Å². The highest BCUT2D eigenvalue weighted by molar-refractivity contribution is 6.30. The van der Waals surface area contributed by atoms with E-state index in [1.54, 1.807) is 18.2 Å². The minimum absolute atomic E-state index is 0.147. The largest absolute Gasteiger partial charge is 0.465 e. The van der Waals surface area contributed by atoms with Crippen LogP contribution < -0.4 is 15.0 Å². The smallest absolute Gasteiger partial charge is 0.412 e. The topological polar surface area (TPSA) is 103 Å². The molecule has 2 aromatic carbocycles. The Bertz CT molecular complexity index is 1310. The van der Waals surface area contributed by atoms with Crippen LogP contribution in [0.3, 0.4) is 0 Å². The van der Waals surface area contributed by atoms with Gasteiger partial charge in [0.1, 0.15) is 17.6 Å². The molecule has 0 aliphatic carbocycles. The van der Waals surface area contributed by atoms with Gasteiger partial charge in [-0.2, -0.15) is 10.4 Å². The number of carbonyl (C=O) groups is 1. The maximum atomic E-state index is 12.1. The van der Waals surface area contributed by atoms with E-state index >= 15 is 0 Å². The third-order valence-corrected chi connectivity index (χ3v) is 7.06. The first-order valence-corrected chi connectivity index (χ1v) is 12.1. The van der Waals surface area contributed by atoms with Crippen LogP contribution in [0, 0.1) is 11.3 Å². The van der Waals surface area contributed by atoms with Crippen LogP contribution in [0.2, 0.25) is 5.02 Å². The number of amides is 1. The number of nitriles is 1. The second kappa shape index (κ2) is 9.61. The van der Waals surface area contributed by atoms with Crippen molar-refractivity contribution in [3.8, 4) is 28.7 Å². The Morgan fingerprint density at radius 2 is 2.06 bits per heavy atom. The first-order chi connectivity index (χ1) is 17.0. The number of aromatic nitrogens is 2. The predicted octanol–water partition coefficient (Wildman–Crippen LogP) is 5.61. The number of hydrogen-bond acceptors (Lipinski definition) is 5. The van der Waals surface area contributed by atoms with E-state index in [0.29, 0.717) is 46.7 Å². The Morgan fingerprint density at radius 3 is 2.80 bits per heavy atom. The Hall–Kier alpha value is -3.54. The van der Waals surface area contributed by atoms with Crippen molar-refractivity contribution in [3.63, 3.8) is 0 Å². The molecule has 1 atom stereocenters. The number of rotatable bonds is 4. The minimum atomic E-state index is -1.000. The second-order valence-corrected chi connectivity index (χ2v) is 9.46. The number of carboxylic acid groups (broad SMARTS) is 1. The number of hydrogen-bond donors (Lipinski definition) is 2. The van der Waals surface area contributed by atoms with Gasteiger partial charge in [0.15, 0.2) is 0 Å². The van der Waals surface area contributed by atoms with E-state index in [9.17, 15) is 15.2 Å². The first kappa shape index (κ1) is 23.2. The molecule has 1 aromatic heterocycles. The average Bonchev–Trinajstić information content (AvgIpc) is 3.35. The van der Waals surface area contributed by atoms with Crippen molar-refractivity contribution in [2.45, 2.75) is 44.7 Å². The zero-order valence-corrected chi connectivity index (χ0v) is 20.1. The monoisotopic (exact) mass is 491 g/mol. The minimum Gasteiger partial charge on any atom is -0.465 e. The number of nitrogens with zero attached hydrogens (tertiary/aromatic N) is 4. The van der Waals surface area contributed by atoms with E-state index in [2.05, 4.69) is 16.5 Å². The van der Waals surface area contributed by atoms with E-state index in [1.165, 1.54) is 4.90 Å². The lowest BCUT2D eigenvalue weighted by Gasteiger charge is -2.34. The molecule has 8 nitrogen and oxygen atoms in total. The number of ether oxygens (including phenoxy) is 1. The van der Waals surface area contributed by atoms with Crippen LogP contribution >= 0.6 is 11.6 Å². The Kier molecular flexibility index (Phi) is 6.37. The zero-order valence-electron chi connectivity index (χ0n) is 19.4. The normalized spacial score (nSPS) is 18.1. The van der Waals surface area contributed by atoms with E-state index in [1.807, 2.05) is 36.1 Å². The van der Waals surface area contributed by atoms with Gasteiger partial charge in [0.2, 0.25) is 0 Å². The van der Waals surface area contributed by atoms with Gasteiger partial charge in [0, 0.05) is 34.0 Å². The molecule has 1 saturated heterocycles. The summed E-state index contributed by atoms with van der Waals surface area (Å²) in [7, 11) is 0. The maximum Gasteiger partial charge on any atom is 0.412 e. The number of benzene rings is 2. The van der Waals surface area contributed by atoms with Gasteiger partial charge in [-0.15, -0.1) is 0 Å². The fraction of sp³-hybridized carbons (Fsp3) is 0.346. The van der Waals surface area contributed by atoms with Crippen LogP contribution in [0.25, 0.3) is 11.1 Å². The lowest BCUT2D eigenvalue weighted by Crippen LogP contribution is -2.41. The average molecular weight is 492 g/mol. The first-order valence-electron chi connectivity index (χ1n) is 11.8. The molecular formula is C26H26ClN5O3. The van der Waals surface area contributed by atoms with Crippen molar-refractivity contribution >= 4 is 23.4 Å². The fourth-order valence-electron chi connectivity index (χ4n) is 4.98. The zero-order chi connectivity index (χ0) is 24.5. The summed E-state index contributed by atoms with van der Waals surface area (Å²) in [6, 6.07) is 11.0. The summed E-state index contributed by atoms with van der Waals surface area (Å²) in [5.41, 5.74) is 3.41. The van der Waals surface area contributed by atoms with Crippen molar-refractivity contribution in [2.24, 2.45) is 0 Å². The van der Waals surface area contributed by atoms with Gasteiger partial charge in [-0.1, -0.05) is 11.6 Å². The van der Waals surface area contributed by atoms with Gasteiger partial charge >= 0.3 is 6.09 Å². The fourth-order valence-corrected chi connectivity index (χ4v) is 5.15. The molecule has 0 unspecified atom stereocenters. The molecule has 0 radical (unpaired) electrons. The molecule has 2 aliphatic rings. The maximum absolute atomic E-state index is 12.1. The molecule has 2 aliphatic heterocycles. The second-order valence-electron chi connectivity index (χ2n) is 9.02. The van der Waals surface area contributed by atoms with Gasteiger partial charge in [-0.25, -0.2) is 4.79 Å². The van der Waals surface area contributed by atoms with Crippen molar-refractivity contribution in [1.82, 2.24) is 15.1 Å². The van der Waals surface area contributed by atoms with Gasteiger partial charge in [-0.3, -0.25) is 9.58 Å². The van der Waals surface area contributed by atoms with Crippen molar-refractivity contribution in [1.29, 1.82) is 5.26 Å². The number of piperidine rings is 1. The summed E-state index contributed by atoms with van der Waals surface area (Å²) in [5.74, 6) is 0.919. The summed E-state index contributed by atoms with van der Waals surface area (Å²) >= 11 is 6.09. The van der Waals surface area contributed by atoms with Gasteiger partial charge in [0.25, 0.3) is 0 Å². The standard InChI is InChI=1S/C26H26ClN5O3/c1-16-2-4-22-23(32(16)26(33)34)6-5-21(18-14-30-31(15-18)20-8-10-29-11-9-20)25(22)35-24-7-3-19(27)12-17(24)13-28/h3,5-7,12,14-16,20,29H,2,4,8-11H2,1H3,(H,33,34)/t16-/m0/s1. The van der Waals surface area contributed by atoms with Crippen molar-refractivity contribution in [2.75, 3.05) is 18.0 Å². The molecule has 3 heterocycles. The molecule has 2 N–H and O–H groups in total. The Morgan fingerprint density at radius 1 is 1.26 bits per heavy atom. The van der Waals surface area contributed by atoms with Crippen molar-refractivity contribution < 1.29 is 14.6 Å². The molecule has 35 heavy (non-hydrogen) atoms. The molecule has 0 bridgehead atoms. The van der Waals surface area contributed by atoms with E-state index in [0.717, 1.165) is 42.6 Å². The van der Waals surface area contributed by atoms with Gasteiger partial charge < -0.3 is 15.2 Å². The summed E-state index contributed by atoms with van der Waals surface area (Å²) in [5, 5.41) is 28.0. The Balaban J connectivity index is 1.63. The number of fused-ring (bicyclic) bond motifs is 1. The summed E-state index contributed by atoms with van der Waals surface area (Å²) < 4.78 is 8.42. The quantitative estimate of drug-likeness (QED) is 0.491. The van der Waals surface area contributed by atoms with Gasteiger partial charge in [0.05, 0.1) is 23.5 Å². The number of halogens is 1. The van der Waals surface area contributed by atoms with E-state index in [-0.39, 0.29) is 6.04 Å². The summed E-state index contributed by atoms with van der Waals surface area (Å²) in [6.45, 7) is 3.83. The summed E-state index contributed by atoms with van der Waals surface area (Å²) in [6.07, 6.45) is 6.19. The van der Waals surface area contributed by atoms with Gasteiger partial charge in [-0.05, 0) is 76.0 Å². The predicted molar refractivity (Wildman–Crippen MR) is 133 cm³/mol. The van der Waals surface area contributed by atoms with Crippen LogP contribution in [0.5, 0.6) is 11.5 Å². The molecule has 5 rings (SSSR count). The highest BCUT2D eigenvalue weighted by Crippen LogP contribution is 2.45. The molecule has 0 spiro atoms. The van der Waals surface area contributed by atoms with Crippen molar-refractivity contribution in [3.05, 3.63) is 58.9 Å². The highest BCUT2D eigenvalue weighted by atomic mass is 35.5. The Labute approximate surface area is 208 Å². The number of anilines is 1. The SMILES string of the molecule is C[C@H]1CCc2c(ccc(-c3cnn(C4CCNCC4)c3)c2Oc2ccc(Cl)cc2C#N)N1C(=O)O. The van der Waals surface area contributed by atoms with Crippen LogP contribution in [0.15, 0.2) is 42.7 Å². The molecule has 1 amide bonds.